The molecule has 9 heteroatoms. The van der Waals surface area contributed by atoms with Crippen molar-refractivity contribution in [3.8, 4) is 11.3 Å². The van der Waals surface area contributed by atoms with Crippen LogP contribution in [0.2, 0.25) is 0 Å². The molecule has 0 spiro atoms. The number of nitrogens with zero attached hydrogens (tertiary/aromatic N) is 2. The van der Waals surface area contributed by atoms with Crippen LogP contribution in [0.3, 0.4) is 0 Å². The van der Waals surface area contributed by atoms with E-state index in [1.165, 1.54) is 11.3 Å². The third-order valence-electron chi connectivity index (χ3n) is 6.05. The lowest BCUT2D eigenvalue weighted by molar-refractivity contribution is -0.115. The van der Waals surface area contributed by atoms with Crippen molar-refractivity contribution in [3.63, 3.8) is 0 Å². The lowest BCUT2D eigenvalue weighted by Gasteiger charge is -2.26. The molecule has 2 amide bonds. The number of anilines is 1. The first-order valence-corrected chi connectivity index (χ1v) is 12.9. The van der Waals surface area contributed by atoms with E-state index < -0.39 is 0 Å². The molecule has 3 rings (SSSR count). The fraction of sp³-hybridized carbons (Fsp3) is 0.286. The van der Waals surface area contributed by atoms with Gasteiger partial charge in [-0.2, -0.15) is 0 Å². The van der Waals surface area contributed by atoms with Gasteiger partial charge in [-0.05, 0) is 47.4 Å². The SMILES string of the molecule is CCc1ccc(C(=O)NCC(=O)Nc2nc(-c3cccc(C(N)=CC=NC)c3)cs2)cc1C(C)(C)CN. The lowest BCUT2D eigenvalue weighted by atomic mass is 9.80. The molecule has 0 fully saturated rings. The smallest absolute Gasteiger partial charge is 0.251 e. The van der Waals surface area contributed by atoms with Gasteiger partial charge < -0.3 is 22.1 Å². The zero-order chi connectivity index (χ0) is 27.0. The van der Waals surface area contributed by atoms with Crippen molar-refractivity contribution in [1.29, 1.82) is 0 Å². The third kappa shape index (κ3) is 7.12. The topological polar surface area (TPSA) is 135 Å². The molecule has 37 heavy (non-hydrogen) atoms. The fourth-order valence-corrected chi connectivity index (χ4v) is 4.50. The molecule has 0 aliphatic heterocycles. The summed E-state index contributed by atoms with van der Waals surface area (Å²) in [6.07, 6.45) is 4.22. The normalized spacial score (nSPS) is 12.1. The molecular formula is C28H34N6O2S. The number of aliphatic imine (C=N–C) groups is 1. The van der Waals surface area contributed by atoms with Crippen LogP contribution >= 0.6 is 11.3 Å². The first-order valence-electron chi connectivity index (χ1n) is 12.0. The Morgan fingerprint density at radius 2 is 1.95 bits per heavy atom. The van der Waals surface area contributed by atoms with Crippen LogP contribution in [0.1, 0.15) is 47.8 Å². The Hall–Kier alpha value is -3.82. The molecule has 0 bridgehead atoms. The Kier molecular flexibility index (Phi) is 9.32. The minimum atomic E-state index is -0.360. The number of aromatic nitrogens is 1. The van der Waals surface area contributed by atoms with Crippen LogP contribution < -0.4 is 22.1 Å². The molecule has 0 radical (unpaired) electrons. The minimum absolute atomic E-state index is 0.172. The Morgan fingerprint density at radius 1 is 1.16 bits per heavy atom. The standard InChI is InChI=1S/C28H34N6O2S/c1-5-18-9-10-21(14-22(18)28(2,3)17-29)26(36)32-15-25(35)34-27-33-24(16-37-27)20-8-6-7-19(13-20)23(30)11-12-31-4/h6-14,16H,5,15,17,29-30H2,1-4H3,(H,32,36)(H,33,34,35). The van der Waals surface area contributed by atoms with Crippen molar-refractivity contribution in [2.75, 3.05) is 25.5 Å². The van der Waals surface area contributed by atoms with Gasteiger partial charge in [-0.25, -0.2) is 4.98 Å². The molecular weight excluding hydrogens is 484 g/mol. The number of carbonyl (C=O) groups is 2. The third-order valence-corrected chi connectivity index (χ3v) is 6.80. The lowest BCUT2D eigenvalue weighted by Crippen LogP contribution is -2.33. The highest BCUT2D eigenvalue weighted by Gasteiger charge is 2.23. The van der Waals surface area contributed by atoms with Crippen LogP contribution in [0, 0.1) is 0 Å². The Morgan fingerprint density at radius 3 is 2.65 bits per heavy atom. The first kappa shape index (κ1) is 27.8. The summed E-state index contributed by atoms with van der Waals surface area (Å²) in [5.74, 6) is -0.677. The molecule has 0 unspecified atom stereocenters. The highest BCUT2D eigenvalue weighted by Crippen LogP contribution is 2.28. The number of amides is 2. The number of hydrogen-bond acceptors (Lipinski definition) is 7. The molecule has 6 N–H and O–H groups in total. The molecule has 194 valence electrons. The summed E-state index contributed by atoms with van der Waals surface area (Å²) in [4.78, 5) is 33.7. The van der Waals surface area contributed by atoms with E-state index in [0.717, 1.165) is 28.7 Å². The number of allylic oxidation sites excluding steroid dienone is 1. The van der Waals surface area contributed by atoms with E-state index in [1.807, 2.05) is 41.8 Å². The summed E-state index contributed by atoms with van der Waals surface area (Å²) in [6.45, 7) is 6.48. The maximum absolute atomic E-state index is 12.8. The molecule has 2 aromatic carbocycles. The molecule has 0 atom stereocenters. The number of thiazole rings is 1. The van der Waals surface area contributed by atoms with Crippen LogP contribution in [-0.2, 0) is 16.6 Å². The second-order valence-electron chi connectivity index (χ2n) is 9.19. The van der Waals surface area contributed by atoms with E-state index in [4.69, 9.17) is 11.5 Å². The summed E-state index contributed by atoms with van der Waals surface area (Å²) < 4.78 is 0. The molecule has 0 aliphatic rings. The van der Waals surface area contributed by atoms with Crippen LogP contribution in [0.15, 0.2) is 58.9 Å². The van der Waals surface area contributed by atoms with Gasteiger partial charge in [0.1, 0.15) is 0 Å². The van der Waals surface area contributed by atoms with Gasteiger partial charge in [0, 0.05) is 47.4 Å². The highest BCUT2D eigenvalue weighted by molar-refractivity contribution is 7.14. The molecule has 1 aromatic heterocycles. The Labute approximate surface area is 221 Å². The van der Waals surface area contributed by atoms with Gasteiger partial charge in [-0.3, -0.25) is 14.6 Å². The average molecular weight is 519 g/mol. The van der Waals surface area contributed by atoms with Crippen molar-refractivity contribution >= 4 is 40.2 Å². The summed E-state index contributed by atoms with van der Waals surface area (Å²) in [7, 11) is 1.68. The fourth-order valence-electron chi connectivity index (χ4n) is 3.76. The van der Waals surface area contributed by atoms with Crippen LogP contribution in [0.4, 0.5) is 5.13 Å². The Balaban J connectivity index is 1.63. The van der Waals surface area contributed by atoms with Gasteiger partial charge in [-0.1, -0.05) is 45.0 Å². The van der Waals surface area contributed by atoms with Crippen molar-refractivity contribution in [2.24, 2.45) is 16.5 Å². The molecule has 0 saturated heterocycles. The van der Waals surface area contributed by atoms with Crippen molar-refractivity contribution < 1.29 is 9.59 Å². The van der Waals surface area contributed by atoms with E-state index in [9.17, 15) is 9.59 Å². The number of rotatable bonds is 10. The molecule has 0 aliphatic carbocycles. The molecule has 0 saturated carbocycles. The summed E-state index contributed by atoms with van der Waals surface area (Å²) in [5, 5.41) is 7.75. The van der Waals surface area contributed by atoms with Gasteiger partial charge in [0.25, 0.3) is 5.91 Å². The molecule has 8 nitrogen and oxygen atoms in total. The summed E-state index contributed by atoms with van der Waals surface area (Å²) in [6, 6.07) is 13.3. The van der Waals surface area contributed by atoms with E-state index in [0.29, 0.717) is 28.6 Å². The predicted molar refractivity (Wildman–Crippen MR) is 153 cm³/mol. The number of hydrogen-bond donors (Lipinski definition) is 4. The quantitative estimate of drug-likeness (QED) is 0.301. The summed E-state index contributed by atoms with van der Waals surface area (Å²) >= 11 is 1.31. The first-order chi connectivity index (χ1) is 17.7. The monoisotopic (exact) mass is 518 g/mol. The van der Waals surface area contributed by atoms with Crippen molar-refractivity contribution in [3.05, 3.63) is 76.2 Å². The van der Waals surface area contributed by atoms with Crippen LogP contribution in [-0.4, -0.2) is 43.2 Å². The largest absolute Gasteiger partial charge is 0.398 e. The minimum Gasteiger partial charge on any atom is -0.398 e. The van der Waals surface area contributed by atoms with E-state index in [-0.39, 0.29) is 23.8 Å². The molecule has 1 heterocycles. The van der Waals surface area contributed by atoms with Gasteiger partial charge >= 0.3 is 0 Å². The summed E-state index contributed by atoms with van der Waals surface area (Å²) in [5.41, 5.74) is 17.5. The van der Waals surface area contributed by atoms with Gasteiger partial charge in [0.2, 0.25) is 5.91 Å². The van der Waals surface area contributed by atoms with Crippen molar-refractivity contribution in [2.45, 2.75) is 32.6 Å². The zero-order valence-corrected chi connectivity index (χ0v) is 22.5. The van der Waals surface area contributed by atoms with Gasteiger partial charge in [0.05, 0.1) is 12.2 Å². The zero-order valence-electron chi connectivity index (χ0n) is 21.7. The van der Waals surface area contributed by atoms with Gasteiger partial charge in [0.15, 0.2) is 5.13 Å². The van der Waals surface area contributed by atoms with E-state index >= 15 is 0 Å². The van der Waals surface area contributed by atoms with E-state index in [2.05, 4.69) is 41.4 Å². The number of nitrogens with one attached hydrogen (secondary N) is 2. The van der Waals surface area contributed by atoms with Crippen LogP contribution in [0.25, 0.3) is 17.0 Å². The number of carbonyl (C=O) groups excluding carboxylic acids is 2. The van der Waals surface area contributed by atoms with Crippen molar-refractivity contribution in [1.82, 2.24) is 10.3 Å². The predicted octanol–water partition coefficient (Wildman–Crippen LogP) is 3.98. The molecule has 3 aromatic rings. The van der Waals surface area contributed by atoms with Gasteiger partial charge in [-0.15, -0.1) is 11.3 Å². The number of benzene rings is 2. The number of nitrogens with two attached hydrogens (primary N) is 2. The van der Waals surface area contributed by atoms with Crippen LogP contribution in [0.5, 0.6) is 0 Å². The van der Waals surface area contributed by atoms with E-state index in [1.54, 1.807) is 25.4 Å². The maximum Gasteiger partial charge on any atom is 0.251 e. The highest BCUT2D eigenvalue weighted by atomic mass is 32.1. The second kappa shape index (κ2) is 12.4. The maximum atomic E-state index is 12.8. The average Bonchev–Trinajstić information content (AvgIpc) is 3.38. The number of aryl methyl sites for hydroxylation is 1. The Bertz CT molecular complexity index is 1330. The second-order valence-corrected chi connectivity index (χ2v) is 10.1.